The number of nitrogens with zero attached hydrogens (tertiary/aromatic N) is 2. The molecule has 138 valence electrons. The molecule has 0 aliphatic rings. The van der Waals surface area contributed by atoms with Crippen LogP contribution in [0.5, 0.6) is 11.5 Å². The maximum absolute atomic E-state index is 12.9. The molecule has 0 fully saturated rings. The molecule has 5 nitrogen and oxygen atoms in total. The number of benzene rings is 2. The number of hydrogen-bond acceptors (Lipinski definition) is 4. The number of carbonyl (C=O) groups excluding carboxylic acids is 1. The molecular weight excluding hydrogens is 340 g/mol. The average molecular weight is 362 g/mol. The zero-order valence-electron chi connectivity index (χ0n) is 15.4. The van der Waals surface area contributed by atoms with Crippen molar-refractivity contribution in [2.24, 2.45) is 0 Å². The Labute approximate surface area is 158 Å². The van der Waals surface area contributed by atoms with Crippen molar-refractivity contribution in [1.82, 2.24) is 4.98 Å². The smallest absolute Gasteiger partial charge is 0.265 e. The Morgan fingerprint density at radius 3 is 2.41 bits per heavy atom. The van der Waals surface area contributed by atoms with Crippen LogP contribution in [0.3, 0.4) is 0 Å². The molecule has 0 bridgehead atoms. The Bertz CT molecular complexity index is 906. The third-order valence-electron chi connectivity index (χ3n) is 4.08. The third-order valence-corrected chi connectivity index (χ3v) is 4.08. The maximum Gasteiger partial charge on any atom is 0.265 e. The lowest BCUT2D eigenvalue weighted by Gasteiger charge is -2.23. The highest BCUT2D eigenvalue weighted by atomic mass is 16.5. The highest BCUT2D eigenvalue weighted by Gasteiger charge is 2.20. The van der Waals surface area contributed by atoms with Gasteiger partial charge in [0.25, 0.3) is 5.91 Å². The fourth-order valence-corrected chi connectivity index (χ4v) is 2.89. The van der Waals surface area contributed by atoms with Gasteiger partial charge in [-0.1, -0.05) is 24.3 Å². The predicted octanol–water partition coefficient (Wildman–Crippen LogP) is 4.02. The molecule has 0 saturated heterocycles. The van der Waals surface area contributed by atoms with Crippen LogP contribution in [0.2, 0.25) is 0 Å². The number of ether oxygens (including phenoxy) is 1. The van der Waals surface area contributed by atoms with Crippen molar-refractivity contribution < 1.29 is 14.6 Å². The van der Waals surface area contributed by atoms with Crippen molar-refractivity contribution in [3.8, 4) is 11.5 Å². The second kappa shape index (κ2) is 8.36. The summed E-state index contributed by atoms with van der Waals surface area (Å²) in [4.78, 5) is 18.7. The number of pyridine rings is 1. The molecule has 0 aliphatic carbocycles. The summed E-state index contributed by atoms with van der Waals surface area (Å²) < 4.78 is 5.72. The van der Waals surface area contributed by atoms with Gasteiger partial charge >= 0.3 is 0 Å². The minimum atomic E-state index is -0.263. The SMILES string of the molecule is Cc1cc(C)cc(OCC(=O)N(Cc2ccccn2)c2ccccc2O)c1. The molecule has 0 aliphatic heterocycles. The number of aromatic hydroxyl groups is 1. The quantitative estimate of drug-likeness (QED) is 0.719. The lowest BCUT2D eigenvalue weighted by atomic mass is 10.1. The van der Waals surface area contributed by atoms with Crippen molar-refractivity contribution in [1.29, 1.82) is 0 Å². The van der Waals surface area contributed by atoms with Crippen molar-refractivity contribution in [2.75, 3.05) is 11.5 Å². The molecule has 1 aromatic heterocycles. The molecule has 1 heterocycles. The molecule has 3 rings (SSSR count). The van der Waals surface area contributed by atoms with E-state index in [-0.39, 0.29) is 24.8 Å². The van der Waals surface area contributed by atoms with E-state index in [9.17, 15) is 9.90 Å². The molecule has 27 heavy (non-hydrogen) atoms. The van der Waals surface area contributed by atoms with Crippen LogP contribution >= 0.6 is 0 Å². The number of rotatable bonds is 6. The standard InChI is InChI=1S/C22H22N2O3/c1-16-11-17(2)13-19(12-16)27-15-22(26)24(14-18-7-5-6-10-23-18)20-8-3-4-9-21(20)25/h3-13,25H,14-15H2,1-2H3. The van der Waals surface area contributed by atoms with Gasteiger partial charge in [-0.3, -0.25) is 14.7 Å². The first-order valence-electron chi connectivity index (χ1n) is 8.72. The highest BCUT2D eigenvalue weighted by molar-refractivity contribution is 5.95. The largest absolute Gasteiger partial charge is 0.506 e. The molecular formula is C22H22N2O3. The molecule has 0 unspecified atom stereocenters. The van der Waals surface area contributed by atoms with E-state index in [2.05, 4.69) is 4.98 Å². The van der Waals surface area contributed by atoms with Crippen LogP contribution in [-0.4, -0.2) is 22.6 Å². The van der Waals surface area contributed by atoms with Gasteiger partial charge in [0.15, 0.2) is 6.61 Å². The van der Waals surface area contributed by atoms with Gasteiger partial charge in [0, 0.05) is 6.20 Å². The first kappa shape index (κ1) is 18.5. The Hall–Kier alpha value is -3.34. The van der Waals surface area contributed by atoms with Crippen LogP contribution in [-0.2, 0) is 11.3 Å². The molecule has 0 atom stereocenters. The third kappa shape index (κ3) is 4.85. The van der Waals surface area contributed by atoms with E-state index in [4.69, 9.17) is 4.74 Å². The molecule has 3 aromatic rings. The summed E-state index contributed by atoms with van der Waals surface area (Å²) in [5.74, 6) is 0.422. The summed E-state index contributed by atoms with van der Waals surface area (Å²) in [5.41, 5.74) is 3.30. The molecule has 1 N–H and O–H groups in total. The number of aromatic nitrogens is 1. The summed E-state index contributed by atoms with van der Waals surface area (Å²) in [5, 5.41) is 10.2. The summed E-state index contributed by atoms with van der Waals surface area (Å²) in [7, 11) is 0. The highest BCUT2D eigenvalue weighted by Crippen LogP contribution is 2.28. The number of aryl methyl sites for hydroxylation is 2. The van der Waals surface area contributed by atoms with Crippen LogP contribution in [0.15, 0.2) is 66.9 Å². The van der Waals surface area contributed by atoms with Gasteiger partial charge in [0.1, 0.15) is 11.5 Å². The van der Waals surface area contributed by atoms with Gasteiger partial charge < -0.3 is 9.84 Å². The van der Waals surface area contributed by atoms with Gasteiger partial charge in [0.2, 0.25) is 0 Å². The van der Waals surface area contributed by atoms with E-state index in [1.54, 1.807) is 30.5 Å². The van der Waals surface area contributed by atoms with Crippen molar-refractivity contribution in [3.63, 3.8) is 0 Å². The monoisotopic (exact) mass is 362 g/mol. The lowest BCUT2D eigenvalue weighted by molar-refractivity contribution is -0.120. The van der Waals surface area contributed by atoms with E-state index in [1.165, 1.54) is 4.90 Å². The summed E-state index contributed by atoms with van der Waals surface area (Å²) in [6.45, 7) is 4.08. The molecule has 0 saturated carbocycles. The van der Waals surface area contributed by atoms with Crippen LogP contribution in [0.4, 0.5) is 5.69 Å². The van der Waals surface area contributed by atoms with Gasteiger partial charge in [-0.15, -0.1) is 0 Å². The Morgan fingerprint density at radius 2 is 1.74 bits per heavy atom. The van der Waals surface area contributed by atoms with Gasteiger partial charge in [-0.2, -0.15) is 0 Å². The Balaban J connectivity index is 1.81. The van der Waals surface area contributed by atoms with Crippen LogP contribution in [0.1, 0.15) is 16.8 Å². The minimum absolute atomic E-state index is 0.0354. The zero-order chi connectivity index (χ0) is 19.2. The fourth-order valence-electron chi connectivity index (χ4n) is 2.89. The normalized spacial score (nSPS) is 10.4. The van der Waals surface area contributed by atoms with E-state index < -0.39 is 0 Å². The second-order valence-corrected chi connectivity index (χ2v) is 6.40. The number of anilines is 1. The summed E-state index contributed by atoms with van der Waals surface area (Å²) >= 11 is 0. The average Bonchev–Trinajstić information content (AvgIpc) is 2.65. The summed E-state index contributed by atoms with van der Waals surface area (Å²) in [6.07, 6.45) is 1.68. The maximum atomic E-state index is 12.9. The topological polar surface area (TPSA) is 62.7 Å². The van der Waals surface area contributed by atoms with E-state index in [0.717, 1.165) is 16.8 Å². The van der Waals surface area contributed by atoms with E-state index in [0.29, 0.717) is 11.4 Å². The van der Waals surface area contributed by atoms with Gasteiger partial charge in [0.05, 0.1) is 17.9 Å². The number of para-hydroxylation sites is 2. The number of amides is 1. The molecule has 5 heteroatoms. The molecule has 0 radical (unpaired) electrons. The van der Waals surface area contributed by atoms with E-state index >= 15 is 0 Å². The van der Waals surface area contributed by atoms with Crippen molar-refractivity contribution in [2.45, 2.75) is 20.4 Å². The molecule has 1 amide bonds. The number of phenols is 1. The van der Waals surface area contributed by atoms with Crippen LogP contribution in [0.25, 0.3) is 0 Å². The van der Waals surface area contributed by atoms with Crippen molar-refractivity contribution >= 4 is 11.6 Å². The second-order valence-electron chi connectivity index (χ2n) is 6.40. The first-order valence-corrected chi connectivity index (χ1v) is 8.72. The first-order chi connectivity index (χ1) is 13.0. The Kier molecular flexibility index (Phi) is 5.71. The number of phenolic OH excluding ortho intramolecular Hbond substituents is 1. The predicted molar refractivity (Wildman–Crippen MR) is 105 cm³/mol. The Morgan fingerprint density at radius 1 is 1.04 bits per heavy atom. The van der Waals surface area contributed by atoms with Crippen LogP contribution < -0.4 is 9.64 Å². The van der Waals surface area contributed by atoms with Gasteiger partial charge in [-0.05, 0) is 61.4 Å². The minimum Gasteiger partial charge on any atom is -0.506 e. The number of carbonyl (C=O) groups is 1. The summed E-state index contributed by atoms with van der Waals surface area (Å²) in [6, 6.07) is 18.1. The van der Waals surface area contributed by atoms with E-state index in [1.807, 2.05) is 50.2 Å². The zero-order valence-corrected chi connectivity index (χ0v) is 15.4. The van der Waals surface area contributed by atoms with Crippen LogP contribution in [0, 0.1) is 13.8 Å². The molecule has 0 spiro atoms. The lowest BCUT2D eigenvalue weighted by Crippen LogP contribution is -2.34. The fraction of sp³-hybridized carbons (Fsp3) is 0.182. The number of hydrogen-bond donors (Lipinski definition) is 1. The van der Waals surface area contributed by atoms with Crippen molar-refractivity contribution in [3.05, 3.63) is 83.7 Å². The van der Waals surface area contributed by atoms with Gasteiger partial charge in [-0.25, -0.2) is 0 Å². The molecule has 2 aromatic carbocycles.